The van der Waals surface area contributed by atoms with E-state index in [0.717, 1.165) is 44.8 Å². The van der Waals surface area contributed by atoms with Crippen LogP contribution in [0.2, 0.25) is 0 Å². The van der Waals surface area contributed by atoms with Gasteiger partial charge in [0.05, 0.1) is 11.4 Å². The lowest BCUT2D eigenvalue weighted by atomic mass is 10.0. The lowest BCUT2D eigenvalue weighted by molar-refractivity contribution is 1.02. The lowest BCUT2D eigenvalue weighted by Crippen LogP contribution is -2.10. The average Bonchev–Trinajstić information content (AvgIpc) is 3.52. The van der Waals surface area contributed by atoms with Crippen LogP contribution in [0.4, 0.5) is 5.82 Å². The third-order valence-corrected chi connectivity index (χ3v) is 6.83. The summed E-state index contributed by atoms with van der Waals surface area (Å²) in [7, 11) is 0. The number of amidine groups is 1. The topological polar surface area (TPSA) is 55.7 Å². The van der Waals surface area contributed by atoms with Gasteiger partial charge in [-0.2, -0.15) is 0 Å². The summed E-state index contributed by atoms with van der Waals surface area (Å²) in [6.45, 7) is 4.17. The summed E-state index contributed by atoms with van der Waals surface area (Å²) in [6, 6.07) is 39.4. The van der Waals surface area contributed by atoms with Gasteiger partial charge in [-0.25, -0.2) is 14.7 Å². The van der Waals surface area contributed by atoms with Crippen LogP contribution < -0.4 is 5.84 Å². The molecule has 4 heteroatoms. The van der Waals surface area contributed by atoms with Crippen LogP contribution in [-0.2, 0) is 0 Å². The van der Waals surface area contributed by atoms with Gasteiger partial charge in [0.1, 0.15) is 0 Å². The SMILES string of the molecule is Cc1ccc(C2=NC(=Nc3c(-c4ccccc4)cc(-c4ccc(C)cc4)n3N)C(c3ccccc3)=C2)cc1. The molecule has 5 aromatic rings. The Labute approximate surface area is 223 Å². The lowest BCUT2D eigenvalue weighted by Gasteiger charge is -2.08. The molecule has 4 nitrogen and oxygen atoms in total. The van der Waals surface area contributed by atoms with Crippen molar-refractivity contribution in [2.45, 2.75) is 13.8 Å². The molecule has 0 fully saturated rings. The average molecular weight is 493 g/mol. The first-order chi connectivity index (χ1) is 18.6. The van der Waals surface area contributed by atoms with Crippen LogP contribution in [0, 0.1) is 13.8 Å². The van der Waals surface area contributed by atoms with Crippen molar-refractivity contribution in [2.24, 2.45) is 9.98 Å². The minimum atomic E-state index is 0.643. The van der Waals surface area contributed by atoms with Crippen LogP contribution in [0.15, 0.2) is 131 Å². The predicted molar refractivity (Wildman–Crippen MR) is 159 cm³/mol. The minimum Gasteiger partial charge on any atom is -0.337 e. The number of aliphatic imine (C=N–C) groups is 2. The highest BCUT2D eigenvalue weighted by atomic mass is 15.3. The van der Waals surface area contributed by atoms with Crippen molar-refractivity contribution < 1.29 is 0 Å². The smallest absolute Gasteiger partial charge is 0.162 e. The maximum Gasteiger partial charge on any atom is 0.162 e. The summed E-state index contributed by atoms with van der Waals surface area (Å²) in [6.07, 6.45) is 2.12. The number of nitrogen functional groups attached to an aromatic ring is 1. The number of rotatable bonds is 5. The van der Waals surface area contributed by atoms with Crippen LogP contribution in [0.5, 0.6) is 0 Å². The van der Waals surface area contributed by atoms with Gasteiger partial charge in [0.2, 0.25) is 0 Å². The Morgan fingerprint density at radius 3 is 1.79 bits per heavy atom. The predicted octanol–water partition coefficient (Wildman–Crippen LogP) is 7.77. The molecular weight excluding hydrogens is 464 g/mol. The van der Waals surface area contributed by atoms with E-state index < -0.39 is 0 Å². The minimum absolute atomic E-state index is 0.643. The first kappa shape index (κ1) is 23.4. The van der Waals surface area contributed by atoms with Gasteiger partial charge >= 0.3 is 0 Å². The molecule has 0 atom stereocenters. The Morgan fingerprint density at radius 2 is 1.18 bits per heavy atom. The molecule has 0 unspecified atom stereocenters. The van der Waals surface area contributed by atoms with Crippen LogP contribution in [0.25, 0.3) is 28.0 Å². The molecule has 0 aliphatic carbocycles. The summed E-state index contributed by atoms with van der Waals surface area (Å²) in [4.78, 5) is 10.2. The van der Waals surface area contributed by atoms with E-state index in [2.05, 4.69) is 98.8 Å². The van der Waals surface area contributed by atoms with Crippen LogP contribution >= 0.6 is 0 Å². The molecule has 1 aromatic heterocycles. The Bertz CT molecular complexity index is 1690. The van der Waals surface area contributed by atoms with Gasteiger partial charge in [-0.15, -0.1) is 0 Å². The third-order valence-electron chi connectivity index (χ3n) is 6.83. The van der Waals surface area contributed by atoms with E-state index in [4.69, 9.17) is 15.8 Å². The highest BCUT2D eigenvalue weighted by Gasteiger charge is 2.22. The Kier molecular flexibility index (Phi) is 6.06. The molecule has 1 aliphatic heterocycles. The number of benzene rings is 4. The summed E-state index contributed by atoms with van der Waals surface area (Å²) >= 11 is 0. The molecule has 4 aromatic carbocycles. The van der Waals surface area contributed by atoms with Gasteiger partial charge in [0, 0.05) is 22.3 Å². The first-order valence-electron chi connectivity index (χ1n) is 12.7. The van der Waals surface area contributed by atoms with E-state index in [1.54, 1.807) is 4.68 Å². The number of hydrogen-bond acceptors (Lipinski definition) is 2. The molecule has 0 amide bonds. The third kappa shape index (κ3) is 4.48. The molecule has 0 saturated carbocycles. The number of nitrogens with two attached hydrogens (primary N) is 1. The molecule has 0 spiro atoms. The van der Waals surface area contributed by atoms with E-state index >= 15 is 0 Å². The van der Waals surface area contributed by atoms with E-state index in [-0.39, 0.29) is 0 Å². The summed E-state index contributed by atoms with van der Waals surface area (Å²) < 4.78 is 1.68. The highest BCUT2D eigenvalue weighted by Crippen LogP contribution is 2.38. The van der Waals surface area contributed by atoms with Gasteiger partial charge in [-0.05, 0) is 37.1 Å². The monoisotopic (exact) mass is 492 g/mol. The van der Waals surface area contributed by atoms with E-state index in [1.807, 2.05) is 36.4 Å². The maximum atomic E-state index is 6.78. The molecular formula is C34H28N4. The second-order valence-electron chi connectivity index (χ2n) is 9.59. The summed E-state index contributed by atoms with van der Waals surface area (Å²) in [5.74, 6) is 8.09. The molecule has 38 heavy (non-hydrogen) atoms. The van der Waals surface area contributed by atoms with Gasteiger partial charge < -0.3 is 5.84 Å². The van der Waals surface area contributed by atoms with Crippen molar-refractivity contribution >= 4 is 22.9 Å². The normalized spacial score (nSPS) is 14.0. The van der Waals surface area contributed by atoms with E-state index in [1.165, 1.54) is 11.1 Å². The van der Waals surface area contributed by atoms with Gasteiger partial charge in [0.15, 0.2) is 11.7 Å². The Balaban J connectivity index is 1.55. The summed E-state index contributed by atoms with van der Waals surface area (Å²) in [5.41, 5.74) is 10.3. The van der Waals surface area contributed by atoms with Crippen LogP contribution in [0.3, 0.4) is 0 Å². The Hall–Kier alpha value is -4.96. The quantitative estimate of drug-likeness (QED) is 0.250. The molecule has 6 rings (SSSR count). The van der Waals surface area contributed by atoms with Crippen molar-refractivity contribution in [1.82, 2.24) is 4.68 Å². The number of aromatic nitrogens is 1. The zero-order valence-corrected chi connectivity index (χ0v) is 21.5. The van der Waals surface area contributed by atoms with Crippen molar-refractivity contribution in [2.75, 3.05) is 5.84 Å². The van der Waals surface area contributed by atoms with Crippen molar-refractivity contribution in [3.05, 3.63) is 144 Å². The number of nitrogens with zero attached hydrogens (tertiary/aromatic N) is 3. The van der Waals surface area contributed by atoms with E-state index in [0.29, 0.717) is 11.7 Å². The number of allylic oxidation sites excluding steroid dienone is 1. The number of aryl methyl sites for hydroxylation is 2. The second-order valence-corrected chi connectivity index (χ2v) is 9.59. The molecule has 1 aliphatic rings. The fraction of sp³-hybridized carbons (Fsp3) is 0.0588. The van der Waals surface area contributed by atoms with Crippen LogP contribution in [-0.4, -0.2) is 16.2 Å². The van der Waals surface area contributed by atoms with Crippen molar-refractivity contribution in [3.8, 4) is 22.4 Å². The van der Waals surface area contributed by atoms with Gasteiger partial charge in [0.25, 0.3) is 0 Å². The molecule has 0 saturated heterocycles. The highest BCUT2D eigenvalue weighted by molar-refractivity contribution is 6.38. The maximum absolute atomic E-state index is 6.78. The molecule has 184 valence electrons. The molecule has 0 bridgehead atoms. The molecule has 2 heterocycles. The first-order valence-corrected chi connectivity index (χ1v) is 12.7. The zero-order chi connectivity index (χ0) is 26.1. The largest absolute Gasteiger partial charge is 0.337 e. The number of hydrogen-bond donors (Lipinski definition) is 1. The van der Waals surface area contributed by atoms with Crippen LogP contribution in [0.1, 0.15) is 22.3 Å². The van der Waals surface area contributed by atoms with Crippen molar-refractivity contribution in [1.29, 1.82) is 0 Å². The second kappa shape index (κ2) is 9.83. The van der Waals surface area contributed by atoms with Gasteiger partial charge in [-0.1, -0.05) is 120 Å². The van der Waals surface area contributed by atoms with Crippen molar-refractivity contribution in [3.63, 3.8) is 0 Å². The van der Waals surface area contributed by atoms with Gasteiger partial charge in [-0.3, -0.25) is 0 Å². The standard InChI is InChI=1S/C34H28N4/c1-23-13-17-27(18-14-23)31-21-29(25-9-5-3-6-10-25)33(36-31)37-34-30(26-11-7-4-8-12-26)22-32(38(34)35)28-19-15-24(2)16-20-28/h3-22H,35H2,1-2H3. The molecule has 2 N–H and O–H groups in total. The fourth-order valence-corrected chi connectivity index (χ4v) is 4.70. The van der Waals surface area contributed by atoms with E-state index in [9.17, 15) is 0 Å². The fourth-order valence-electron chi connectivity index (χ4n) is 4.70. The zero-order valence-electron chi connectivity index (χ0n) is 21.5. The summed E-state index contributed by atoms with van der Waals surface area (Å²) in [5, 5.41) is 0. The Morgan fingerprint density at radius 1 is 0.632 bits per heavy atom. The molecule has 0 radical (unpaired) electrons.